The average Bonchev–Trinajstić information content (AvgIpc) is 2.02. The number of piperidine rings is 1. The first-order valence-electron chi connectivity index (χ1n) is 4.53. The summed E-state index contributed by atoms with van der Waals surface area (Å²) in [6, 6.07) is 0.518. The molecule has 0 aromatic heterocycles. The van der Waals surface area contributed by atoms with E-state index in [1.807, 2.05) is 0 Å². The highest BCUT2D eigenvalue weighted by Crippen LogP contribution is 2.10. The summed E-state index contributed by atoms with van der Waals surface area (Å²) in [5.74, 6) is 0.546. The monoisotopic (exact) mass is 190 g/mol. The Morgan fingerprint density at radius 2 is 2.33 bits per heavy atom. The third-order valence-corrected chi connectivity index (χ3v) is 3.28. The van der Waals surface area contributed by atoms with Gasteiger partial charge < -0.3 is 5.32 Å². The van der Waals surface area contributed by atoms with Crippen LogP contribution in [0.25, 0.3) is 0 Å². The van der Waals surface area contributed by atoms with Gasteiger partial charge in [0.15, 0.2) is 0 Å². The molecule has 0 aromatic carbocycles. The van der Waals surface area contributed by atoms with Crippen molar-refractivity contribution in [3.05, 3.63) is 0 Å². The lowest BCUT2D eigenvalue weighted by atomic mass is 10.0. The normalized spacial score (nSPS) is 29.6. The van der Waals surface area contributed by atoms with Gasteiger partial charge in [0.25, 0.3) is 0 Å². The topological polar surface area (TPSA) is 53.0 Å². The van der Waals surface area contributed by atoms with Gasteiger partial charge >= 0.3 is 0 Å². The molecule has 1 saturated heterocycles. The van der Waals surface area contributed by atoms with Crippen LogP contribution in [0, 0.1) is 4.78 Å². The van der Waals surface area contributed by atoms with E-state index in [0.717, 1.165) is 13.0 Å². The summed E-state index contributed by atoms with van der Waals surface area (Å²) < 4.78 is 18.3. The van der Waals surface area contributed by atoms with Crippen molar-refractivity contribution in [2.45, 2.75) is 31.7 Å². The number of rotatable bonds is 3. The maximum atomic E-state index is 11.1. The zero-order valence-corrected chi connectivity index (χ0v) is 8.45. The fourth-order valence-corrected chi connectivity index (χ4v) is 2.27. The molecular formula is C8H18N2OS. The van der Waals surface area contributed by atoms with Gasteiger partial charge in [-0.25, -0.2) is 0 Å². The molecule has 2 N–H and O–H groups in total. The maximum Gasteiger partial charge on any atom is 0.0412 e. The van der Waals surface area contributed by atoms with Crippen molar-refractivity contribution in [3.8, 4) is 0 Å². The van der Waals surface area contributed by atoms with Crippen molar-refractivity contribution < 1.29 is 4.21 Å². The lowest BCUT2D eigenvalue weighted by Crippen LogP contribution is -2.35. The van der Waals surface area contributed by atoms with E-state index >= 15 is 0 Å². The Kier molecular flexibility index (Phi) is 3.53. The van der Waals surface area contributed by atoms with Gasteiger partial charge in [-0.2, -0.15) is 0 Å². The first kappa shape index (κ1) is 9.99. The summed E-state index contributed by atoms with van der Waals surface area (Å²) in [6.07, 6.45) is 6.16. The van der Waals surface area contributed by atoms with Gasteiger partial charge in [-0.1, -0.05) is 6.42 Å². The third kappa shape index (κ3) is 4.07. The molecule has 2 atom stereocenters. The number of hydrogen-bond acceptors (Lipinski definition) is 3. The van der Waals surface area contributed by atoms with E-state index in [0.29, 0.717) is 11.8 Å². The van der Waals surface area contributed by atoms with Gasteiger partial charge in [0.1, 0.15) is 0 Å². The van der Waals surface area contributed by atoms with E-state index in [1.165, 1.54) is 25.5 Å². The SMILES string of the molecule is CS(=N)(=O)CCC1CCCCN1. The Morgan fingerprint density at radius 1 is 1.58 bits per heavy atom. The first-order chi connectivity index (χ1) is 5.58. The van der Waals surface area contributed by atoms with Crippen LogP contribution in [0.2, 0.25) is 0 Å². The number of nitrogens with one attached hydrogen (secondary N) is 2. The molecule has 1 aliphatic rings. The van der Waals surface area contributed by atoms with Gasteiger partial charge in [-0.3, -0.25) is 8.99 Å². The summed E-state index contributed by atoms with van der Waals surface area (Å²) in [4.78, 5) is 0. The minimum absolute atomic E-state index is 0.518. The van der Waals surface area contributed by atoms with Crippen LogP contribution in [0.3, 0.4) is 0 Å². The van der Waals surface area contributed by atoms with Crippen LogP contribution in [-0.2, 0) is 9.73 Å². The van der Waals surface area contributed by atoms with E-state index in [2.05, 4.69) is 5.32 Å². The minimum Gasteiger partial charge on any atom is -0.314 e. The first-order valence-corrected chi connectivity index (χ1v) is 6.66. The van der Waals surface area contributed by atoms with E-state index in [9.17, 15) is 4.21 Å². The van der Waals surface area contributed by atoms with E-state index in [-0.39, 0.29) is 0 Å². The smallest absolute Gasteiger partial charge is 0.0412 e. The summed E-state index contributed by atoms with van der Waals surface area (Å²) in [5.41, 5.74) is 0. The Labute approximate surface area is 74.9 Å². The molecule has 1 heterocycles. The van der Waals surface area contributed by atoms with Gasteiger partial charge in [-0.05, 0) is 25.8 Å². The molecule has 1 aliphatic heterocycles. The Balaban J connectivity index is 2.22. The summed E-state index contributed by atoms with van der Waals surface area (Å²) in [7, 11) is -2.26. The Morgan fingerprint density at radius 3 is 2.83 bits per heavy atom. The van der Waals surface area contributed by atoms with Crippen molar-refractivity contribution in [1.82, 2.24) is 5.32 Å². The second-order valence-electron chi connectivity index (χ2n) is 3.64. The summed E-state index contributed by atoms with van der Waals surface area (Å²) in [5, 5.41) is 3.38. The maximum absolute atomic E-state index is 11.1. The average molecular weight is 190 g/mol. The van der Waals surface area contributed by atoms with Gasteiger partial charge in [0, 0.05) is 27.8 Å². The van der Waals surface area contributed by atoms with Crippen LogP contribution in [0.5, 0.6) is 0 Å². The molecule has 0 amide bonds. The molecule has 0 spiro atoms. The largest absolute Gasteiger partial charge is 0.314 e. The van der Waals surface area contributed by atoms with Gasteiger partial charge in [0.05, 0.1) is 0 Å². The molecule has 1 rings (SSSR count). The lowest BCUT2D eigenvalue weighted by Gasteiger charge is -2.23. The van der Waals surface area contributed by atoms with Crippen molar-refractivity contribution in [2.24, 2.45) is 0 Å². The molecule has 0 saturated carbocycles. The van der Waals surface area contributed by atoms with Crippen LogP contribution in [0.15, 0.2) is 0 Å². The summed E-state index contributed by atoms with van der Waals surface area (Å²) in [6.45, 7) is 1.09. The Bertz CT molecular complexity index is 217. The molecule has 2 unspecified atom stereocenters. The zero-order valence-electron chi connectivity index (χ0n) is 7.64. The Hall–Kier alpha value is -0.0900. The molecule has 0 aliphatic carbocycles. The zero-order chi connectivity index (χ0) is 9.03. The highest BCUT2D eigenvalue weighted by Gasteiger charge is 2.13. The standard InChI is InChI=1S/C8H18N2OS/c1-12(9,11)7-5-8-4-2-3-6-10-8/h8-10H,2-7H2,1H3. The molecule has 0 radical (unpaired) electrons. The predicted octanol–water partition coefficient (Wildman–Crippen LogP) is 1.20. The van der Waals surface area contributed by atoms with Crippen molar-refractivity contribution in [3.63, 3.8) is 0 Å². The van der Waals surface area contributed by atoms with Crippen LogP contribution in [0.1, 0.15) is 25.7 Å². The fraction of sp³-hybridized carbons (Fsp3) is 1.00. The molecular weight excluding hydrogens is 172 g/mol. The van der Waals surface area contributed by atoms with Crippen LogP contribution in [-0.4, -0.2) is 28.8 Å². The lowest BCUT2D eigenvalue weighted by molar-refractivity contribution is 0.394. The van der Waals surface area contributed by atoms with Crippen molar-refractivity contribution >= 4 is 9.73 Å². The molecule has 0 aromatic rings. The quantitative estimate of drug-likeness (QED) is 0.702. The number of hydrogen-bond donors (Lipinski definition) is 2. The van der Waals surface area contributed by atoms with Crippen molar-refractivity contribution in [1.29, 1.82) is 4.78 Å². The van der Waals surface area contributed by atoms with Crippen molar-refractivity contribution in [2.75, 3.05) is 18.6 Å². The van der Waals surface area contributed by atoms with E-state index < -0.39 is 9.73 Å². The molecule has 0 bridgehead atoms. The molecule has 3 nitrogen and oxygen atoms in total. The van der Waals surface area contributed by atoms with Gasteiger partial charge in [0.2, 0.25) is 0 Å². The van der Waals surface area contributed by atoms with Gasteiger partial charge in [-0.15, -0.1) is 0 Å². The molecule has 1 fully saturated rings. The molecule has 12 heavy (non-hydrogen) atoms. The molecule has 72 valence electrons. The highest BCUT2D eigenvalue weighted by atomic mass is 32.2. The van der Waals surface area contributed by atoms with E-state index in [4.69, 9.17) is 4.78 Å². The third-order valence-electron chi connectivity index (χ3n) is 2.27. The minimum atomic E-state index is -2.26. The second-order valence-corrected chi connectivity index (χ2v) is 6.06. The fourth-order valence-electron chi connectivity index (χ4n) is 1.54. The highest BCUT2D eigenvalue weighted by molar-refractivity contribution is 7.91. The van der Waals surface area contributed by atoms with Crippen LogP contribution >= 0.6 is 0 Å². The summed E-state index contributed by atoms with van der Waals surface area (Å²) >= 11 is 0. The predicted molar refractivity (Wildman–Crippen MR) is 51.9 cm³/mol. The molecule has 4 heteroatoms. The van der Waals surface area contributed by atoms with E-state index in [1.54, 1.807) is 0 Å². The van der Waals surface area contributed by atoms with Crippen LogP contribution < -0.4 is 5.32 Å². The second kappa shape index (κ2) is 4.23. The van der Waals surface area contributed by atoms with Crippen LogP contribution in [0.4, 0.5) is 0 Å².